The Kier molecular flexibility index (Phi) is 9.71. The summed E-state index contributed by atoms with van der Waals surface area (Å²) < 4.78 is 5.67. The molecular weight excluding hydrogens is 438 g/mol. The van der Waals surface area contributed by atoms with Crippen LogP contribution in [0.2, 0.25) is 0 Å². The fraction of sp³-hybridized carbons (Fsp3) is 0.400. The Labute approximate surface area is 208 Å². The van der Waals surface area contributed by atoms with Crippen molar-refractivity contribution in [2.45, 2.75) is 69.2 Å². The molecule has 1 atom stereocenters. The highest BCUT2D eigenvalue weighted by Gasteiger charge is 2.40. The van der Waals surface area contributed by atoms with Crippen LogP contribution in [0, 0.1) is 0 Å². The third-order valence-corrected chi connectivity index (χ3v) is 6.87. The van der Waals surface area contributed by atoms with E-state index < -0.39 is 17.6 Å². The first-order valence-electron chi connectivity index (χ1n) is 12.6. The highest BCUT2D eigenvalue weighted by atomic mass is 16.5. The Morgan fingerprint density at radius 2 is 1.40 bits per heavy atom. The number of amides is 1. The number of carboxylic acids is 1. The van der Waals surface area contributed by atoms with Crippen LogP contribution in [0.3, 0.4) is 0 Å². The molecule has 0 heterocycles. The Morgan fingerprint density at radius 1 is 0.857 bits per heavy atom. The maximum Gasteiger partial charge on any atom is 0.408 e. The molecule has 35 heavy (non-hydrogen) atoms. The fourth-order valence-electron chi connectivity index (χ4n) is 4.96. The van der Waals surface area contributed by atoms with Crippen molar-refractivity contribution < 1.29 is 19.4 Å². The second kappa shape index (κ2) is 12.9. The number of fused-ring (bicyclic) bond motifs is 3. The van der Waals surface area contributed by atoms with E-state index in [0.717, 1.165) is 54.4 Å². The fourth-order valence-corrected chi connectivity index (χ4v) is 4.96. The van der Waals surface area contributed by atoms with E-state index in [4.69, 9.17) is 4.74 Å². The number of carbonyl (C=O) groups excluding carboxylic acids is 1. The smallest absolute Gasteiger partial charge is 0.408 e. The molecule has 0 unspecified atom stereocenters. The molecule has 2 aromatic carbocycles. The highest BCUT2D eigenvalue weighted by molar-refractivity contribution is 5.84. The van der Waals surface area contributed by atoms with Crippen molar-refractivity contribution in [1.29, 1.82) is 0 Å². The molecular formula is C30H37NO4. The molecule has 0 fully saturated rings. The quantitative estimate of drug-likeness (QED) is 0.210. The second-order valence-electron chi connectivity index (χ2n) is 9.26. The maximum absolute atomic E-state index is 12.9. The maximum atomic E-state index is 12.9. The number of carbonyl (C=O) groups is 2. The van der Waals surface area contributed by atoms with Gasteiger partial charge < -0.3 is 15.2 Å². The summed E-state index contributed by atoms with van der Waals surface area (Å²) in [5, 5.41) is 12.9. The van der Waals surface area contributed by atoms with E-state index in [2.05, 4.69) is 42.7 Å². The third kappa shape index (κ3) is 6.62. The number of hydrogen-bond donors (Lipinski definition) is 2. The zero-order valence-corrected chi connectivity index (χ0v) is 20.5. The van der Waals surface area contributed by atoms with Crippen LogP contribution in [0.15, 0.2) is 73.8 Å². The number of alkyl carbamates (subject to hydrolysis) is 1. The SMILES string of the molecule is C=CCCCCCC[C@@](CCCC=C)(NC(=O)OCC1c2ccccc2-c2ccccc21)C(=O)O. The standard InChI is InChI=1S/C30H37NO4/c1-3-5-7-8-9-15-21-30(28(32)33,20-14-6-4-2)31-29(34)35-22-27-25-18-12-10-16-23(25)24-17-11-13-19-26(24)27/h3-4,10-13,16-19,27H,1-2,5-9,14-15,20-22H2,(H,31,34)(H,32,33)/t30-/m1/s1. The normalized spacial score (nSPS) is 13.8. The Morgan fingerprint density at radius 3 is 2.00 bits per heavy atom. The minimum atomic E-state index is -1.34. The van der Waals surface area contributed by atoms with Crippen LogP contribution in [0.5, 0.6) is 0 Å². The zero-order valence-electron chi connectivity index (χ0n) is 20.5. The van der Waals surface area contributed by atoms with Gasteiger partial charge in [-0.2, -0.15) is 0 Å². The lowest BCUT2D eigenvalue weighted by Gasteiger charge is -2.30. The molecule has 0 saturated carbocycles. The predicted octanol–water partition coefficient (Wildman–Crippen LogP) is 7.23. The molecule has 1 amide bonds. The molecule has 2 N–H and O–H groups in total. The average molecular weight is 476 g/mol. The van der Waals surface area contributed by atoms with Gasteiger partial charge in [0, 0.05) is 5.92 Å². The van der Waals surface area contributed by atoms with Crippen molar-refractivity contribution in [3.05, 3.63) is 85.0 Å². The number of ether oxygens (including phenoxy) is 1. The average Bonchev–Trinajstić information content (AvgIpc) is 3.18. The van der Waals surface area contributed by atoms with Crippen molar-refractivity contribution >= 4 is 12.1 Å². The molecule has 1 aliphatic rings. The minimum Gasteiger partial charge on any atom is -0.480 e. The van der Waals surface area contributed by atoms with Crippen LogP contribution >= 0.6 is 0 Å². The zero-order chi connectivity index (χ0) is 25.1. The molecule has 0 saturated heterocycles. The monoisotopic (exact) mass is 475 g/mol. The number of allylic oxidation sites excluding steroid dienone is 2. The summed E-state index contributed by atoms with van der Waals surface area (Å²) in [6, 6.07) is 16.3. The van der Waals surface area contributed by atoms with Gasteiger partial charge in [0.05, 0.1) is 0 Å². The highest BCUT2D eigenvalue weighted by Crippen LogP contribution is 2.44. The summed E-state index contributed by atoms with van der Waals surface area (Å²) in [4.78, 5) is 25.3. The predicted molar refractivity (Wildman–Crippen MR) is 141 cm³/mol. The van der Waals surface area contributed by atoms with E-state index in [1.54, 1.807) is 6.08 Å². The van der Waals surface area contributed by atoms with Gasteiger partial charge in [-0.3, -0.25) is 0 Å². The number of carboxylic acid groups (broad SMARTS) is 1. The molecule has 1 aliphatic carbocycles. The largest absolute Gasteiger partial charge is 0.480 e. The van der Waals surface area contributed by atoms with Crippen LogP contribution < -0.4 is 5.32 Å². The summed E-state index contributed by atoms with van der Waals surface area (Å²) in [7, 11) is 0. The summed E-state index contributed by atoms with van der Waals surface area (Å²) in [6.45, 7) is 7.63. The van der Waals surface area contributed by atoms with Crippen LogP contribution in [-0.4, -0.2) is 29.3 Å². The number of hydrogen-bond acceptors (Lipinski definition) is 3. The van der Waals surface area contributed by atoms with Gasteiger partial charge in [0.15, 0.2) is 0 Å². The molecule has 0 aromatic heterocycles. The van der Waals surface area contributed by atoms with Gasteiger partial charge in [-0.1, -0.05) is 79.9 Å². The lowest BCUT2D eigenvalue weighted by molar-refractivity contribution is -0.145. The van der Waals surface area contributed by atoms with Gasteiger partial charge in [0.25, 0.3) is 0 Å². The van der Waals surface area contributed by atoms with E-state index >= 15 is 0 Å². The van der Waals surface area contributed by atoms with Crippen molar-refractivity contribution in [3.63, 3.8) is 0 Å². The number of benzene rings is 2. The number of aliphatic carboxylic acids is 1. The lowest BCUT2D eigenvalue weighted by Crippen LogP contribution is -2.54. The topological polar surface area (TPSA) is 75.6 Å². The molecule has 0 aliphatic heterocycles. The van der Waals surface area contributed by atoms with Gasteiger partial charge in [-0.05, 0) is 60.8 Å². The molecule has 0 bridgehead atoms. The van der Waals surface area contributed by atoms with E-state index in [0.29, 0.717) is 25.7 Å². The van der Waals surface area contributed by atoms with Crippen LogP contribution in [-0.2, 0) is 9.53 Å². The number of nitrogens with one attached hydrogen (secondary N) is 1. The summed E-state index contributed by atoms with van der Waals surface area (Å²) in [6.07, 6.45) is 9.68. The summed E-state index contributed by atoms with van der Waals surface area (Å²) >= 11 is 0. The molecule has 186 valence electrons. The first-order chi connectivity index (χ1) is 17.0. The lowest BCUT2D eigenvalue weighted by atomic mass is 9.86. The minimum absolute atomic E-state index is 0.0713. The Balaban J connectivity index is 1.67. The molecule has 0 spiro atoms. The van der Waals surface area contributed by atoms with Gasteiger partial charge in [0.2, 0.25) is 0 Å². The molecule has 0 radical (unpaired) electrons. The molecule has 5 heteroatoms. The molecule has 5 nitrogen and oxygen atoms in total. The molecule has 2 aromatic rings. The van der Waals surface area contributed by atoms with Crippen LogP contribution in [0.4, 0.5) is 4.79 Å². The van der Waals surface area contributed by atoms with Gasteiger partial charge in [0.1, 0.15) is 12.1 Å². The summed E-state index contributed by atoms with van der Waals surface area (Å²) in [5.41, 5.74) is 3.20. The van der Waals surface area contributed by atoms with Gasteiger partial charge in [-0.15, -0.1) is 13.2 Å². The third-order valence-electron chi connectivity index (χ3n) is 6.87. The Hall–Kier alpha value is -3.34. The van der Waals surface area contributed by atoms with E-state index in [1.807, 2.05) is 30.3 Å². The number of unbranched alkanes of at least 4 members (excludes halogenated alkanes) is 5. The molecule has 3 rings (SSSR count). The number of rotatable bonds is 15. The van der Waals surface area contributed by atoms with Crippen molar-refractivity contribution in [3.8, 4) is 11.1 Å². The van der Waals surface area contributed by atoms with Crippen molar-refractivity contribution in [2.75, 3.05) is 6.61 Å². The van der Waals surface area contributed by atoms with E-state index in [1.165, 1.54) is 0 Å². The van der Waals surface area contributed by atoms with Crippen LogP contribution in [0.1, 0.15) is 74.8 Å². The van der Waals surface area contributed by atoms with Crippen molar-refractivity contribution in [2.24, 2.45) is 0 Å². The Bertz CT molecular complexity index is 985. The first-order valence-corrected chi connectivity index (χ1v) is 12.6. The van der Waals surface area contributed by atoms with Gasteiger partial charge >= 0.3 is 12.1 Å². The van der Waals surface area contributed by atoms with Crippen molar-refractivity contribution in [1.82, 2.24) is 5.32 Å². The van der Waals surface area contributed by atoms with Gasteiger partial charge in [-0.25, -0.2) is 9.59 Å². The van der Waals surface area contributed by atoms with Crippen LogP contribution in [0.25, 0.3) is 11.1 Å². The summed E-state index contributed by atoms with van der Waals surface area (Å²) in [5.74, 6) is -1.08. The van der Waals surface area contributed by atoms with E-state index in [-0.39, 0.29) is 12.5 Å². The van der Waals surface area contributed by atoms with E-state index in [9.17, 15) is 14.7 Å². The first kappa shape index (κ1) is 26.3. The second-order valence-corrected chi connectivity index (χ2v) is 9.26.